The van der Waals surface area contributed by atoms with E-state index in [0.717, 1.165) is 61.7 Å². The normalized spacial score (nSPS) is 16.2. The molecule has 0 saturated heterocycles. The second-order valence-corrected chi connectivity index (χ2v) is 9.85. The number of fused-ring (bicyclic) bond motifs is 3. The van der Waals surface area contributed by atoms with Gasteiger partial charge >= 0.3 is 5.76 Å². The first-order valence-corrected chi connectivity index (χ1v) is 12.5. The molecule has 3 aromatic heterocycles. The van der Waals surface area contributed by atoms with Crippen LogP contribution in [0.1, 0.15) is 65.1 Å². The lowest BCUT2D eigenvalue weighted by molar-refractivity contribution is 0.307. The Bertz CT molecular complexity index is 1770. The Balaban J connectivity index is 1.36. The third-order valence-corrected chi connectivity index (χ3v) is 7.30. The number of para-hydroxylation sites is 1. The Morgan fingerprint density at radius 3 is 2.81 bits per heavy atom. The van der Waals surface area contributed by atoms with Crippen LogP contribution >= 0.6 is 0 Å². The number of aryl methyl sites for hydroxylation is 1. The third-order valence-electron chi connectivity index (χ3n) is 7.30. The van der Waals surface area contributed by atoms with Crippen molar-refractivity contribution >= 4 is 22.3 Å². The molecule has 0 amide bonds. The maximum absolute atomic E-state index is 11.7. The maximum Gasteiger partial charge on any atom is 0.439 e. The Hall–Kier alpha value is -4.46. The molecule has 1 aliphatic heterocycles. The number of aromatic amines is 1. The minimum atomic E-state index is -0.577. The molecule has 2 aliphatic rings. The number of aromatic nitrogens is 5. The van der Waals surface area contributed by atoms with E-state index in [1.54, 1.807) is 0 Å². The molecule has 2 aromatic carbocycles. The molecule has 1 saturated carbocycles. The molecular weight excluding hydrogens is 466 g/mol. The summed E-state index contributed by atoms with van der Waals surface area (Å²) in [5, 5.41) is 3.94. The summed E-state index contributed by atoms with van der Waals surface area (Å²) in [4.78, 5) is 24.1. The van der Waals surface area contributed by atoms with Crippen molar-refractivity contribution in [2.75, 3.05) is 0 Å². The smallest absolute Gasteiger partial charge is 0.439 e. The summed E-state index contributed by atoms with van der Waals surface area (Å²) in [6.45, 7) is 5.15. The second kappa shape index (κ2) is 8.30. The predicted molar refractivity (Wildman–Crippen MR) is 139 cm³/mol. The van der Waals surface area contributed by atoms with Crippen LogP contribution in [0.3, 0.4) is 0 Å². The summed E-state index contributed by atoms with van der Waals surface area (Å²) >= 11 is 0. The molecule has 7 rings (SSSR count). The average molecular weight is 492 g/mol. The number of ether oxygens (including phenoxy) is 1. The molecule has 4 heterocycles. The van der Waals surface area contributed by atoms with E-state index in [0.29, 0.717) is 24.9 Å². The monoisotopic (exact) mass is 491 g/mol. The van der Waals surface area contributed by atoms with Gasteiger partial charge in [-0.3, -0.25) is 9.51 Å². The van der Waals surface area contributed by atoms with Crippen LogP contribution in [-0.2, 0) is 13.2 Å². The minimum Gasteiger partial charge on any atom is -0.488 e. The first-order valence-electron chi connectivity index (χ1n) is 12.5. The number of H-pyrrole nitrogens is 1. The first-order chi connectivity index (χ1) is 18.1. The van der Waals surface area contributed by atoms with Gasteiger partial charge in [0.15, 0.2) is 11.5 Å². The summed E-state index contributed by atoms with van der Waals surface area (Å²) in [6, 6.07) is 16.5. The van der Waals surface area contributed by atoms with E-state index in [2.05, 4.69) is 39.8 Å². The number of benzene rings is 2. The van der Waals surface area contributed by atoms with Crippen molar-refractivity contribution in [3.63, 3.8) is 0 Å². The van der Waals surface area contributed by atoms with Gasteiger partial charge in [-0.1, -0.05) is 35.5 Å². The Labute approximate surface area is 212 Å². The number of rotatable bonds is 4. The molecule has 8 nitrogen and oxygen atoms in total. The SMILES string of the molecule is CC(=C1c2ccc(Cn3c(C4CC4)nc4c(C)ccnc43)cc2COc2ccccc21)c1noc(=O)[nH]1. The average Bonchev–Trinajstić information content (AvgIpc) is 3.59. The highest BCUT2D eigenvalue weighted by atomic mass is 16.5. The summed E-state index contributed by atoms with van der Waals surface area (Å²) in [7, 11) is 0. The summed E-state index contributed by atoms with van der Waals surface area (Å²) < 4.78 is 13.3. The highest BCUT2D eigenvalue weighted by Gasteiger charge is 2.30. The van der Waals surface area contributed by atoms with E-state index in [9.17, 15) is 4.79 Å². The van der Waals surface area contributed by atoms with Crippen LogP contribution in [0.4, 0.5) is 0 Å². The van der Waals surface area contributed by atoms with E-state index < -0.39 is 5.76 Å². The van der Waals surface area contributed by atoms with Gasteiger partial charge in [-0.2, -0.15) is 0 Å². The lowest BCUT2D eigenvalue weighted by Gasteiger charge is -2.15. The van der Waals surface area contributed by atoms with Crippen LogP contribution in [0.2, 0.25) is 0 Å². The van der Waals surface area contributed by atoms with Gasteiger partial charge in [-0.15, -0.1) is 0 Å². The molecule has 1 aliphatic carbocycles. The Kier molecular flexibility index (Phi) is 4.89. The Morgan fingerprint density at radius 1 is 1.14 bits per heavy atom. The van der Waals surface area contributed by atoms with E-state index >= 15 is 0 Å². The van der Waals surface area contributed by atoms with Crippen molar-refractivity contribution in [2.24, 2.45) is 0 Å². The molecule has 37 heavy (non-hydrogen) atoms. The summed E-state index contributed by atoms with van der Waals surface area (Å²) in [5.41, 5.74) is 9.06. The van der Waals surface area contributed by atoms with E-state index in [1.165, 1.54) is 12.8 Å². The van der Waals surface area contributed by atoms with Crippen LogP contribution in [0.25, 0.3) is 22.3 Å². The zero-order chi connectivity index (χ0) is 25.1. The van der Waals surface area contributed by atoms with Crippen LogP contribution < -0.4 is 10.5 Å². The highest BCUT2D eigenvalue weighted by molar-refractivity contribution is 5.99. The van der Waals surface area contributed by atoms with E-state index in [-0.39, 0.29) is 0 Å². The molecule has 0 unspecified atom stereocenters. The standard InChI is InChI=1S/C29H25N5O3/c1-16-11-12-30-28-25(16)31-27(19-8-9-19)34(28)14-18-7-10-21-20(13-18)15-36-23-6-4-3-5-22(23)24(21)17(2)26-32-29(35)37-33-26/h3-7,10-13,19H,8-9,14-15H2,1-2H3,(H,32,33,35). The number of nitrogens with one attached hydrogen (secondary N) is 1. The van der Waals surface area contributed by atoms with Crippen molar-refractivity contribution in [1.82, 2.24) is 24.7 Å². The minimum absolute atomic E-state index is 0.409. The quantitative estimate of drug-likeness (QED) is 0.370. The molecule has 5 aromatic rings. The van der Waals surface area contributed by atoms with Crippen molar-refractivity contribution in [3.05, 3.63) is 105 Å². The molecule has 0 radical (unpaired) electrons. The fourth-order valence-electron chi connectivity index (χ4n) is 5.27. The van der Waals surface area contributed by atoms with Crippen LogP contribution in [0, 0.1) is 6.92 Å². The molecule has 1 N–H and O–H groups in total. The van der Waals surface area contributed by atoms with Gasteiger partial charge in [0.2, 0.25) is 0 Å². The molecule has 8 heteroatoms. The number of allylic oxidation sites excluding steroid dienone is 1. The van der Waals surface area contributed by atoms with Gasteiger partial charge < -0.3 is 9.30 Å². The molecular formula is C29H25N5O3. The fourth-order valence-corrected chi connectivity index (χ4v) is 5.27. The number of pyridine rings is 1. The number of nitrogens with zero attached hydrogens (tertiary/aromatic N) is 4. The summed E-state index contributed by atoms with van der Waals surface area (Å²) in [5.74, 6) is 2.26. The number of hydrogen-bond acceptors (Lipinski definition) is 6. The van der Waals surface area contributed by atoms with E-state index in [1.807, 2.05) is 43.5 Å². The van der Waals surface area contributed by atoms with Crippen molar-refractivity contribution < 1.29 is 9.26 Å². The number of imidazole rings is 1. The van der Waals surface area contributed by atoms with Gasteiger partial charge in [0.05, 0.1) is 6.54 Å². The van der Waals surface area contributed by atoms with Crippen LogP contribution in [-0.4, -0.2) is 24.7 Å². The highest BCUT2D eigenvalue weighted by Crippen LogP contribution is 2.42. The van der Waals surface area contributed by atoms with Crippen molar-refractivity contribution in [1.29, 1.82) is 0 Å². The van der Waals surface area contributed by atoms with Gasteiger partial charge in [-0.25, -0.2) is 14.8 Å². The van der Waals surface area contributed by atoms with Gasteiger partial charge in [0, 0.05) is 23.3 Å². The molecule has 0 spiro atoms. The summed E-state index contributed by atoms with van der Waals surface area (Å²) in [6.07, 6.45) is 4.22. The number of hydrogen-bond donors (Lipinski definition) is 1. The largest absolute Gasteiger partial charge is 0.488 e. The lowest BCUT2D eigenvalue weighted by Crippen LogP contribution is -2.07. The van der Waals surface area contributed by atoms with Gasteiger partial charge in [-0.05, 0) is 72.7 Å². The van der Waals surface area contributed by atoms with Crippen molar-refractivity contribution in [3.8, 4) is 5.75 Å². The molecule has 0 atom stereocenters. The topological polar surface area (TPSA) is 98.8 Å². The van der Waals surface area contributed by atoms with Crippen LogP contribution in [0.5, 0.6) is 5.75 Å². The van der Waals surface area contributed by atoms with Gasteiger partial charge in [0.1, 0.15) is 23.7 Å². The van der Waals surface area contributed by atoms with Crippen molar-refractivity contribution in [2.45, 2.75) is 45.8 Å². The first kappa shape index (κ1) is 21.8. The van der Waals surface area contributed by atoms with Crippen LogP contribution in [0.15, 0.2) is 64.0 Å². The second-order valence-electron chi connectivity index (χ2n) is 9.85. The zero-order valence-corrected chi connectivity index (χ0v) is 20.6. The maximum atomic E-state index is 11.7. The Morgan fingerprint density at radius 2 is 2.00 bits per heavy atom. The fraction of sp³-hybridized carbons (Fsp3) is 0.241. The third kappa shape index (κ3) is 3.67. The zero-order valence-electron chi connectivity index (χ0n) is 20.6. The molecule has 0 bridgehead atoms. The predicted octanol–water partition coefficient (Wildman–Crippen LogP) is 5.21. The lowest BCUT2D eigenvalue weighted by atomic mass is 9.89. The molecule has 1 fully saturated rings. The molecule has 184 valence electrons. The van der Waals surface area contributed by atoms with Gasteiger partial charge in [0.25, 0.3) is 0 Å². The van der Waals surface area contributed by atoms with E-state index in [4.69, 9.17) is 19.2 Å².